The average Bonchev–Trinajstić information content (AvgIpc) is 2.66. The third-order valence-electron chi connectivity index (χ3n) is 4.57. The third kappa shape index (κ3) is 4.81. The lowest BCUT2D eigenvalue weighted by molar-refractivity contribution is 0.391. The van der Waals surface area contributed by atoms with E-state index in [0.29, 0.717) is 12.5 Å². The molecule has 1 aliphatic rings. The molecular formula is C20H26IN3O2. The number of hydrogen-bond donors (Lipinski definition) is 2. The molecular weight excluding hydrogens is 441 g/mol. The van der Waals surface area contributed by atoms with Gasteiger partial charge in [-0.2, -0.15) is 0 Å². The number of anilines is 1. The van der Waals surface area contributed by atoms with Crippen LogP contribution < -0.4 is 20.5 Å². The Bertz CT molecular complexity index is 778. The highest BCUT2D eigenvalue weighted by Crippen LogP contribution is 2.28. The maximum atomic E-state index is 6.11. The Balaban J connectivity index is 0.00000243. The molecule has 0 atom stereocenters. The quantitative estimate of drug-likeness (QED) is 0.394. The van der Waals surface area contributed by atoms with Crippen molar-refractivity contribution in [2.24, 2.45) is 10.7 Å². The highest BCUT2D eigenvalue weighted by molar-refractivity contribution is 14.0. The molecule has 0 fully saturated rings. The Morgan fingerprint density at radius 2 is 1.92 bits per heavy atom. The van der Waals surface area contributed by atoms with E-state index in [1.165, 1.54) is 24.0 Å². The van der Waals surface area contributed by atoms with E-state index in [-0.39, 0.29) is 24.0 Å². The number of benzene rings is 2. The summed E-state index contributed by atoms with van der Waals surface area (Å²) in [4.78, 5) is 4.47. The number of nitrogens with two attached hydrogens (primary N) is 1. The molecule has 2 aromatic carbocycles. The minimum Gasteiger partial charge on any atom is -0.497 e. The first kappa shape index (κ1) is 20.4. The summed E-state index contributed by atoms with van der Waals surface area (Å²) < 4.78 is 10.6. The van der Waals surface area contributed by atoms with Gasteiger partial charge < -0.3 is 20.5 Å². The predicted molar refractivity (Wildman–Crippen MR) is 117 cm³/mol. The lowest BCUT2D eigenvalue weighted by Gasteiger charge is -2.19. The number of ether oxygens (including phenoxy) is 2. The van der Waals surface area contributed by atoms with E-state index >= 15 is 0 Å². The zero-order valence-electron chi connectivity index (χ0n) is 15.2. The first-order valence-electron chi connectivity index (χ1n) is 8.60. The molecule has 0 saturated heterocycles. The topological polar surface area (TPSA) is 68.9 Å². The molecule has 6 heteroatoms. The van der Waals surface area contributed by atoms with Crippen LogP contribution in [0.1, 0.15) is 29.5 Å². The fraction of sp³-hybridized carbons (Fsp3) is 0.350. The molecule has 0 heterocycles. The van der Waals surface area contributed by atoms with Crippen molar-refractivity contribution in [3.05, 3.63) is 53.1 Å². The van der Waals surface area contributed by atoms with Crippen LogP contribution in [-0.4, -0.2) is 20.2 Å². The Kier molecular flexibility index (Phi) is 7.56. The fourth-order valence-corrected chi connectivity index (χ4v) is 3.23. The number of aryl methyl sites for hydroxylation is 1. The van der Waals surface area contributed by atoms with Gasteiger partial charge >= 0.3 is 0 Å². The van der Waals surface area contributed by atoms with Crippen molar-refractivity contribution >= 4 is 35.6 Å². The second-order valence-corrected chi connectivity index (χ2v) is 6.15. The summed E-state index contributed by atoms with van der Waals surface area (Å²) >= 11 is 0. The second kappa shape index (κ2) is 9.66. The van der Waals surface area contributed by atoms with Crippen molar-refractivity contribution in [2.75, 3.05) is 19.5 Å². The third-order valence-corrected chi connectivity index (χ3v) is 4.57. The van der Waals surface area contributed by atoms with Crippen LogP contribution in [0.15, 0.2) is 41.4 Å². The zero-order valence-corrected chi connectivity index (χ0v) is 17.6. The van der Waals surface area contributed by atoms with Crippen LogP contribution in [0.2, 0.25) is 0 Å². The van der Waals surface area contributed by atoms with E-state index in [2.05, 4.69) is 28.5 Å². The fourth-order valence-electron chi connectivity index (χ4n) is 3.23. The van der Waals surface area contributed by atoms with Crippen molar-refractivity contribution in [3.63, 3.8) is 0 Å². The number of fused-ring (bicyclic) bond motifs is 1. The molecule has 0 aliphatic heterocycles. The molecule has 0 spiro atoms. The Labute approximate surface area is 172 Å². The van der Waals surface area contributed by atoms with Gasteiger partial charge in [-0.05, 0) is 55.0 Å². The number of guanidine groups is 1. The van der Waals surface area contributed by atoms with Gasteiger partial charge in [0.15, 0.2) is 5.96 Å². The maximum Gasteiger partial charge on any atom is 0.193 e. The average molecular weight is 467 g/mol. The van der Waals surface area contributed by atoms with Gasteiger partial charge in [0, 0.05) is 17.3 Å². The van der Waals surface area contributed by atoms with E-state index in [1.807, 2.05) is 18.2 Å². The Hall–Kier alpha value is -1.96. The van der Waals surface area contributed by atoms with Crippen molar-refractivity contribution in [2.45, 2.75) is 32.2 Å². The monoisotopic (exact) mass is 467 g/mol. The number of hydrogen-bond acceptors (Lipinski definition) is 3. The van der Waals surface area contributed by atoms with Crippen LogP contribution in [0, 0.1) is 0 Å². The van der Waals surface area contributed by atoms with Gasteiger partial charge in [-0.15, -0.1) is 24.0 Å². The lowest BCUT2D eigenvalue weighted by atomic mass is 9.90. The molecule has 0 amide bonds. The highest BCUT2D eigenvalue weighted by atomic mass is 127. The Morgan fingerprint density at radius 3 is 2.69 bits per heavy atom. The summed E-state index contributed by atoms with van der Waals surface area (Å²) in [5, 5.41) is 3.26. The summed E-state index contributed by atoms with van der Waals surface area (Å²) in [6.07, 6.45) is 4.73. The first-order chi connectivity index (χ1) is 12.2. The molecule has 0 radical (unpaired) electrons. The van der Waals surface area contributed by atoms with Gasteiger partial charge in [0.1, 0.15) is 11.5 Å². The normalized spacial score (nSPS) is 13.4. The minimum absolute atomic E-state index is 0. The molecule has 3 rings (SSSR count). The lowest BCUT2D eigenvalue weighted by Crippen LogP contribution is -2.24. The van der Waals surface area contributed by atoms with Gasteiger partial charge in [-0.1, -0.05) is 12.1 Å². The van der Waals surface area contributed by atoms with Crippen LogP contribution in [-0.2, 0) is 19.4 Å². The molecule has 5 nitrogen and oxygen atoms in total. The SMILES string of the molecule is COc1ccc(CN=C(N)Nc2cccc3c2CCCC3)c(OC)c1.I. The molecule has 0 saturated carbocycles. The summed E-state index contributed by atoms with van der Waals surface area (Å²) in [7, 11) is 3.27. The van der Waals surface area contributed by atoms with E-state index in [4.69, 9.17) is 15.2 Å². The molecule has 1 aliphatic carbocycles. The maximum absolute atomic E-state index is 6.11. The van der Waals surface area contributed by atoms with Crippen LogP contribution >= 0.6 is 24.0 Å². The molecule has 3 N–H and O–H groups in total. The highest BCUT2D eigenvalue weighted by Gasteiger charge is 2.13. The molecule has 140 valence electrons. The number of methoxy groups -OCH3 is 2. The summed E-state index contributed by atoms with van der Waals surface area (Å²) in [6.45, 7) is 0.445. The van der Waals surface area contributed by atoms with Gasteiger partial charge in [0.25, 0.3) is 0 Å². The molecule has 0 unspecified atom stereocenters. The van der Waals surface area contributed by atoms with Crippen LogP contribution in [0.3, 0.4) is 0 Å². The van der Waals surface area contributed by atoms with E-state index in [1.54, 1.807) is 14.2 Å². The van der Waals surface area contributed by atoms with Crippen molar-refractivity contribution < 1.29 is 9.47 Å². The summed E-state index contributed by atoms with van der Waals surface area (Å²) in [5.41, 5.74) is 10.9. The van der Waals surface area contributed by atoms with E-state index in [0.717, 1.165) is 35.6 Å². The Morgan fingerprint density at radius 1 is 1.12 bits per heavy atom. The summed E-state index contributed by atoms with van der Waals surface area (Å²) in [6, 6.07) is 12.0. The number of nitrogens with one attached hydrogen (secondary N) is 1. The van der Waals surface area contributed by atoms with Crippen LogP contribution in [0.5, 0.6) is 11.5 Å². The van der Waals surface area contributed by atoms with E-state index < -0.39 is 0 Å². The molecule has 2 aromatic rings. The van der Waals surface area contributed by atoms with Crippen molar-refractivity contribution in [3.8, 4) is 11.5 Å². The van der Waals surface area contributed by atoms with Crippen LogP contribution in [0.25, 0.3) is 0 Å². The largest absolute Gasteiger partial charge is 0.497 e. The molecule has 0 aromatic heterocycles. The van der Waals surface area contributed by atoms with Crippen molar-refractivity contribution in [1.29, 1.82) is 0 Å². The molecule has 0 bridgehead atoms. The second-order valence-electron chi connectivity index (χ2n) is 6.15. The van der Waals surface area contributed by atoms with Gasteiger partial charge in [0.05, 0.1) is 20.8 Å². The number of rotatable bonds is 5. The van der Waals surface area contributed by atoms with Crippen molar-refractivity contribution in [1.82, 2.24) is 0 Å². The first-order valence-corrected chi connectivity index (χ1v) is 8.60. The molecule has 26 heavy (non-hydrogen) atoms. The number of nitrogens with zero attached hydrogens (tertiary/aromatic N) is 1. The van der Waals surface area contributed by atoms with Gasteiger partial charge in [0.2, 0.25) is 0 Å². The minimum atomic E-state index is 0. The van der Waals surface area contributed by atoms with Crippen LogP contribution in [0.4, 0.5) is 5.69 Å². The standard InChI is InChI=1S/C20H25N3O2.HI/c1-24-16-11-10-15(19(12-16)25-2)13-22-20(21)23-18-9-5-7-14-6-3-4-8-17(14)18;/h5,7,9-12H,3-4,6,8,13H2,1-2H3,(H3,21,22,23);1H. The summed E-state index contributed by atoms with van der Waals surface area (Å²) in [5.74, 6) is 1.91. The smallest absolute Gasteiger partial charge is 0.193 e. The van der Waals surface area contributed by atoms with E-state index in [9.17, 15) is 0 Å². The number of aliphatic imine (C=N–C) groups is 1. The van der Waals surface area contributed by atoms with Gasteiger partial charge in [-0.3, -0.25) is 0 Å². The predicted octanol–water partition coefficient (Wildman–Crippen LogP) is 4.13. The zero-order chi connectivity index (χ0) is 17.6. The number of halogens is 1. The van der Waals surface area contributed by atoms with Gasteiger partial charge in [-0.25, -0.2) is 4.99 Å².